The number of esters is 2. The molecule has 2 heterocycles. The first kappa shape index (κ1) is 24.4. The molecular formula is C20H26F3N3O5. The van der Waals surface area contributed by atoms with Crippen LogP contribution < -0.4 is 10.2 Å². The van der Waals surface area contributed by atoms with Crippen molar-refractivity contribution in [3.8, 4) is 0 Å². The Morgan fingerprint density at radius 1 is 1.29 bits per heavy atom. The minimum atomic E-state index is -4.55. The summed E-state index contributed by atoms with van der Waals surface area (Å²) in [6.45, 7) is 2.09. The Kier molecular flexibility index (Phi) is 9.07. The zero-order valence-electron chi connectivity index (χ0n) is 17.2. The van der Waals surface area contributed by atoms with Crippen molar-refractivity contribution >= 4 is 23.7 Å². The maximum absolute atomic E-state index is 13.3. The van der Waals surface area contributed by atoms with Crippen LogP contribution in [0.4, 0.5) is 19.0 Å². The lowest BCUT2D eigenvalue weighted by Crippen LogP contribution is -2.41. The number of halogens is 3. The molecule has 1 atom stereocenters. The number of pyridine rings is 1. The Bertz CT molecular complexity index is 773. The van der Waals surface area contributed by atoms with Crippen LogP contribution in [0.15, 0.2) is 18.3 Å². The van der Waals surface area contributed by atoms with Gasteiger partial charge in [0.15, 0.2) is 6.61 Å². The van der Waals surface area contributed by atoms with Gasteiger partial charge in [-0.1, -0.05) is 0 Å². The van der Waals surface area contributed by atoms with Gasteiger partial charge >= 0.3 is 18.1 Å². The highest BCUT2D eigenvalue weighted by Crippen LogP contribution is 2.36. The molecule has 8 nitrogen and oxygen atoms in total. The summed E-state index contributed by atoms with van der Waals surface area (Å²) in [6.07, 6.45) is -1.78. The van der Waals surface area contributed by atoms with Crippen LogP contribution in [-0.4, -0.2) is 55.7 Å². The molecule has 1 unspecified atom stereocenters. The molecule has 0 bridgehead atoms. The predicted molar refractivity (Wildman–Crippen MR) is 104 cm³/mol. The van der Waals surface area contributed by atoms with Crippen LogP contribution >= 0.6 is 0 Å². The van der Waals surface area contributed by atoms with Gasteiger partial charge in [-0.25, -0.2) is 4.98 Å². The van der Waals surface area contributed by atoms with E-state index in [4.69, 9.17) is 9.47 Å². The number of carbonyl (C=O) groups excluding carboxylic acids is 3. The average Bonchev–Trinajstić information content (AvgIpc) is 2.74. The van der Waals surface area contributed by atoms with Gasteiger partial charge in [-0.05, 0) is 38.3 Å². The highest BCUT2D eigenvalue weighted by molar-refractivity contribution is 5.81. The minimum absolute atomic E-state index is 0.0279. The molecule has 0 aliphatic carbocycles. The molecule has 0 saturated carbocycles. The highest BCUT2D eigenvalue weighted by atomic mass is 19.4. The molecule has 0 spiro atoms. The van der Waals surface area contributed by atoms with Gasteiger partial charge in [0.1, 0.15) is 5.82 Å². The zero-order chi connectivity index (χ0) is 22.9. The Morgan fingerprint density at radius 3 is 2.77 bits per heavy atom. The topological polar surface area (TPSA) is 97.8 Å². The summed E-state index contributed by atoms with van der Waals surface area (Å²) in [7, 11) is 0. The number of anilines is 1. The monoisotopic (exact) mass is 445 g/mol. The number of hydrogen-bond donors (Lipinski definition) is 1. The molecule has 1 aromatic heterocycles. The first-order chi connectivity index (χ1) is 14.7. The van der Waals surface area contributed by atoms with Crippen LogP contribution in [0.25, 0.3) is 0 Å². The number of amides is 1. The number of nitrogens with one attached hydrogen (secondary N) is 1. The standard InChI is InChI=1S/C20H26F3N3O5/c1-2-30-17(28)8-4-9-24-16(27)13-31-19(29)14-6-5-11-26(12-14)18-15(20(21,22)23)7-3-10-25-18/h3,7,10,14H,2,4-6,8-9,11-13H2,1H3,(H,24,27). The van der Waals surface area contributed by atoms with Crippen LogP contribution in [0.5, 0.6) is 0 Å². The molecule has 11 heteroatoms. The van der Waals surface area contributed by atoms with Crippen molar-refractivity contribution in [1.29, 1.82) is 0 Å². The van der Waals surface area contributed by atoms with Gasteiger partial charge in [-0.2, -0.15) is 13.2 Å². The predicted octanol–water partition coefficient (Wildman–Crippen LogP) is 2.32. The van der Waals surface area contributed by atoms with E-state index >= 15 is 0 Å². The number of hydrogen-bond acceptors (Lipinski definition) is 7. The second kappa shape index (κ2) is 11.5. The van der Waals surface area contributed by atoms with Gasteiger partial charge in [0, 0.05) is 32.3 Å². The molecule has 1 amide bonds. The molecule has 2 rings (SSSR count). The summed E-state index contributed by atoms with van der Waals surface area (Å²) in [6, 6.07) is 2.17. The van der Waals surface area contributed by atoms with Crippen LogP contribution in [0.2, 0.25) is 0 Å². The Hall–Kier alpha value is -2.85. The van der Waals surface area contributed by atoms with Gasteiger partial charge in [-0.3, -0.25) is 14.4 Å². The Morgan fingerprint density at radius 2 is 2.06 bits per heavy atom. The van der Waals surface area contributed by atoms with Crippen LogP contribution in [0.3, 0.4) is 0 Å². The number of carbonyl (C=O) groups is 3. The van der Waals surface area contributed by atoms with Gasteiger partial charge in [0.05, 0.1) is 18.1 Å². The first-order valence-corrected chi connectivity index (χ1v) is 10.1. The average molecular weight is 445 g/mol. The van der Waals surface area contributed by atoms with Gasteiger partial charge in [-0.15, -0.1) is 0 Å². The summed E-state index contributed by atoms with van der Waals surface area (Å²) < 4.78 is 49.6. The molecule has 1 N–H and O–H groups in total. The molecule has 1 aliphatic heterocycles. The molecular weight excluding hydrogens is 419 g/mol. The Labute approximate surface area is 178 Å². The molecule has 172 valence electrons. The number of piperidine rings is 1. The van der Waals surface area contributed by atoms with E-state index < -0.39 is 36.1 Å². The van der Waals surface area contributed by atoms with E-state index in [1.165, 1.54) is 17.2 Å². The van der Waals surface area contributed by atoms with Gasteiger partial charge < -0.3 is 19.7 Å². The third-order valence-electron chi connectivity index (χ3n) is 4.68. The number of aromatic nitrogens is 1. The molecule has 0 radical (unpaired) electrons. The fourth-order valence-electron chi connectivity index (χ4n) is 3.23. The highest BCUT2D eigenvalue weighted by Gasteiger charge is 2.37. The Balaban J connectivity index is 1.80. The van der Waals surface area contributed by atoms with E-state index in [9.17, 15) is 27.6 Å². The number of nitrogens with zero attached hydrogens (tertiary/aromatic N) is 2. The number of alkyl halides is 3. The molecule has 0 aromatic carbocycles. The normalized spacial score (nSPS) is 16.5. The quantitative estimate of drug-likeness (QED) is 0.460. The van der Waals surface area contributed by atoms with E-state index in [1.807, 2.05) is 0 Å². The largest absolute Gasteiger partial charge is 0.466 e. The summed E-state index contributed by atoms with van der Waals surface area (Å²) in [5.74, 6) is -2.39. The van der Waals surface area contributed by atoms with Crippen LogP contribution in [-0.2, 0) is 30.0 Å². The van der Waals surface area contributed by atoms with E-state index in [0.29, 0.717) is 25.8 Å². The van der Waals surface area contributed by atoms with Crippen molar-refractivity contribution in [3.05, 3.63) is 23.9 Å². The van der Waals surface area contributed by atoms with Crippen molar-refractivity contribution in [3.63, 3.8) is 0 Å². The maximum atomic E-state index is 13.3. The second-order valence-corrected chi connectivity index (χ2v) is 7.02. The summed E-state index contributed by atoms with van der Waals surface area (Å²) in [4.78, 5) is 40.6. The van der Waals surface area contributed by atoms with Gasteiger partial charge in [0.25, 0.3) is 5.91 Å². The van der Waals surface area contributed by atoms with E-state index in [1.54, 1.807) is 6.92 Å². The number of ether oxygens (including phenoxy) is 2. The van der Waals surface area contributed by atoms with Crippen molar-refractivity contribution in [1.82, 2.24) is 10.3 Å². The zero-order valence-corrected chi connectivity index (χ0v) is 17.2. The summed E-state index contributed by atoms with van der Waals surface area (Å²) >= 11 is 0. The SMILES string of the molecule is CCOC(=O)CCCNC(=O)COC(=O)C1CCCN(c2ncccc2C(F)(F)F)C1. The summed E-state index contributed by atoms with van der Waals surface area (Å²) in [5, 5.41) is 2.53. The lowest BCUT2D eigenvalue weighted by molar-refractivity contribution is -0.152. The maximum Gasteiger partial charge on any atom is 0.419 e. The molecule has 1 fully saturated rings. The molecule has 1 aromatic rings. The van der Waals surface area contributed by atoms with Crippen molar-refractivity contribution in [2.75, 3.05) is 37.7 Å². The van der Waals surface area contributed by atoms with Crippen molar-refractivity contribution < 1.29 is 37.0 Å². The fourth-order valence-corrected chi connectivity index (χ4v) is 3.23. The van der Waals surface area contributed by atoms with Crippen molar-refractivity contribution in [2.45, 2.75) is 38.8 Å². The van der Waals surface area contributed by atoms with Crippen molar-refractivity contribution in [2.24, 2.45) is 5.92 Å². The fraction of sp³-hybridized carbons (Fsp3) is 0.600. The van der Waals surface area contributed by atoms with Gasteiger partial charge in [0.2, 0.25) is 0 Å². The van der Waals surface area contributed by atoms with Crippen LogP contribution in [0, 0.1) is 5.92 Å². The van der Waals surface area contributed by atoms with E-state index in [-0.39, 0.29) is 37.9 Å². The van der Waals surface area contributed by atoms with E-state index in [2.05, 4.69) is 10.3 Å². The first-order valence-electron chi connectivity index (χ1n) is 10.1. The summed E-state index contributed by atoms with van der Waals surface area (Å²) in [5.41, 5.74) is -0.855. The van der Waals surface area contributed by atoms with E-state index in [0.717, 1.165) is 6.07 Å². The second-order valence-electron chi connectivity index (χ2n) is 7.02. The third kappa shape index (κ3) is 7.72. The number of rotatable bonds is 9. The molecule has 1 saturated heterocycles. The molecule has 31 heavy (non-hydrogen) atoms. The molecule has 1 aliphatic rings. The van der Waals surface area contributed by atoms with Crippen LogP contribution in [0.1, 0.15) is 38.2 Å². The lowest BCUT2D eigenvalue weighted by atomic mass is 9.98. The lowest BCUT2D eigenvalue weighted by Gasteiger charge is -2.33. The third-order valence-corrected chi connectivity index (χ3v) is 4.68. The smallest absolute Gasteiger partial charge is 0.419 e. The minimum Gasteiger partial charge on any atom is -0.466 e.